The van der Waals surface area contributed by atoms with Crippen molar-refractivity contribution in [1.82, 2.24) is 4.31 Å². The molecule has 84 valence electrons. The monoisotopic (exact) mass is 239 g/mol. The van der Waals surface area contributed by atoms with Crippen molar-refractivity contribution in [2.75, 3.05) is 6.54 Å². The summed E-state index contributed by atoms with van der Waals surface area (Å²) in [4.78, 5) is 0. The Morgan fingerprint density at radius 1 is 1.36 bits per heavy atom. The summed E-state index contributed by atoms with van der Waals surface area (Å²) in [5.41, 5.74) is 0. The molecule has 0 atom stereocenters. The normalized spacial score (nSPS) is 19.8. The van der Waals surface area contributed by atoms with Gasteiger partial charge < -0.3 is 0 Å². The van der Waals surface area contributed by atoms with Gasteiger partial charge in [0.25, 0.3) is 9.24 Å². The molecule has 0 spiro atoms. The molecule has 0 aromatic rings. The van der Waals surface area contributed by atoms with Gasteiger partial charge in [-0.3, -0.25) is 0 Å². The third-order valence-corrected chi connectivity index (χ3v) is 4.10. The van der Waals surface area contributed by atoms with Crippen LogP contribution in [0.2, 0.25) is 0 Å². The summed E-state index contributed by atoms with van der Waals surface area (Å²) in [5.74, 6) is 0.323. The molecular weight excluding hydrogens is 222 g/mol. The van der Waals surface area contributed by atoms with Gasteiger partial charge in [0.1, 0.15) is 0 Å². The summed E-state index contributed by atoms with van der Waals surface area (Å²) < 4.78 is 24.2. The molecule has 1 aliphatic carbocycles. The van der Waals surface area contributed by atoms with Crippen molar-refractivity contribution in [2.24, 2.45) is 5.92 Å². The molecule has 14 heavy (non-hydrogen) atoms. The van der Waals surface area contributed by atoms with E-state index in [0.717, 1.165) is 25.7 Å². The average Bonchev–Trinajstić information content (AvgIpc) is 2.49. The van der Waals surface area contributed by atoms with E-state index < -0.39 is 9.24 Å². The molecule has 1 rings (SSSR count). The van der Waals surface area contributed by atoms with Crippen LogP contribution in [-0.2, 0) is 9.24 Å². The minimum atomic E-state index is -3.54. The predicted octanol–water partition coefficient (Wildman–Crippen LogP) is 2.37. The van der Waals surface area contributed by atoms with Crippen LogP contribution in [0, 0.1) is 5.92 Å². The standard InChI is InChI=1S/C9H18ClNO2S/c1-8(2)7-11(14(10,12)13)9-5-3-4-6-9/h8-9H,3-7H2,1-2H3. The van der Waals surface area contributed by atoms with Crippen LogP contribution in [0.4, 0.5) is 0 Å². The number of halogens is 1. The average molecular weight is 240 g/mol. The van der Waals surface area contributed by atoms with Gasteiger partial charge in [0.05, 0.1) is 0 Å². The predicted molar refractivity (Wildman–Crippen MR) is 58.6 cm³/mol. The highest BCUT2D eigenvalue weighted by atomic mass is 35.7. The van der Waals surface area contributed by atoms with Crippen molar-refractivity contribution >= 4 is 19.9 Å². The van der Waals surface area contributed by atoms with E-state index in [1.807, 2.05) is 13.8 Å². The van der Waals surface area contributed by atoms with Gasteiger partial charge in [-0.05, 0) is 18.8 Å². The second-order valence-corrected chi connectivity index (χ2v) is 6.81. The van der Waals surface area contributed by atoms with Crippen LogP contribution in [0.15, 0.2) is 0 Å². The fraction of sp³-hybridized carbons (Fsp3) is 1.00. The lowest BCUT2D eigenvalue weighted by Crippen LogP contribution is -2.38. The lowest BCUT2D eigenvalue weighted by molar-refractivity contribution is 0.298. The van der Waals surface area contributed by atoms with E-state index in [0.29, 0.717) is 12.5 Å². The molecule has 3 nitrogen and oxygen atoms in total. The Hall–Kier alpha value is 0.200. The van der Waals surface area contributed by atoms with E-state index >= 15 is 0 Å². The maximum atomic E-state index is 11.3. The molecule has 1 fully saturated rings. The lowest BCUT2D eigenvalue weighted by Gasteiger charge is -2.26. The SMILES string of the molecule is CC(C)CN(C1CCCC1)S(=O)(=O)Cl. The highest BCUT2D eigenvalue weighted by Crippen LogP contribution is 2.27. The number of rotatable bonds is 4. The second-order valence-electron chi connectivity index (χ2n) is 4.34. The highest BCUT2D eigenvalue weighted by molar-refractivity contribution is 8.11. The molecule has 0 heterocycles. The summed E-state index contributed by atoms with van der Waals surface area (Å²) in [6.07, 6.45) is 4.15. The van der Waals surface area contributed by atoms with Crippen LogP contribution in [0.1, 0.15) is 39.5 Å². The number of hydrogen-bond donors (Lipinski definition) is 0. The molecule has 5 heteroatoms. The van der Waals surface area contributed by atoms with E-state index in [4.69, 9.17) is 10.7 Å². The summed E-state index contributed by atoms with van der Waals surface area (Å²) >= 11 is 0. The summed E-state index contributed by atoms with van der Waals surface area (Å²) in [6, 6.07) is 0.139. The van der Waals surface area contributed by atoms with Gasteiger partial charge in [-0.1, -0.05) is 26.7 Å². The summed E-state index contributed by atoms with van der Waals surface area (Å²) in [6.45, 7) is 4.55. The number of nitrogens with zero attached hydrogens (tertiary/aromatic N) is 1. The Morgan fingerprint density at radius 2 is 1.86 bits per heavy atom. The first kappa shape index (κ1) is 12.3. The van der Waals surface area contributed by atoms with Gasteiger partial charge in [0, 0.05) is 23.3 Å². The fourth-order valence-corrected chi connectivity index (χ4v) is 3.52. The van der Waals surface area contributed by atoms with E-state index in [1.165, 1.54) is 4.31 Å². The van der Waals surface area contributed by atoms with Crippen molar-refractivity contribution in [3.8, 4) is 0 Å². The molecule has 0 aromatic carbocycles. The van der Waals surface area contributed by atoms with Gasteiger partial charge in [0.15, 0.2) is 0 Å². The van der Waals surface area contributed by atoms with Crippen LogP contribution >= 0.6 is 10.7 Å². The zero-order chi connectivity index (χ0) is 10.8. The van der Waals surface area contributed by atoms with Crippen LogP contribution in [0.25, 0.3) is 0 Å². The molecule has 1 aliphatic rings. The smallest absolute Gasteiger partial charge is 0.195 e. The second kappa shape index (κ2) is 4.81. The van der Waals surface area contributed by atoms with E-state index in [2.05, 4.69) is 0 Å². The first-order valence-electron chi connectivity index (χ1n) is 5.12. The van der Waals surface area contributed by atoms with Crippen molar-refractivity contribution < 1.29 is 8.42 Å². The molecule has 1 saturated carbocycles. The van der Waals surface area contributed by atoms with Gasteiger partial charge in [0.2, 0.25) is 0 Å². The van der Waals surface area contributed by atoms with E-state index in [-0.39, 0.29) is 6.04 Å². The largest absolute Gasteiger partial charge is 0.300 e. The van der Waals surface area contributed by atoms with Crippen LogP contribution in [0.3, 0.4) is 0 Å². The third kappa shape index (κ3) is 3.41. The van der Waals surface area contributed by atoms with E-state index in [1.54, 1.807) is 0 Å². The maximum Gasteiger partial charge on any atom is 0.300 e. The fourth-order valence-electron chi connectivity index (χ4n) is 1.97. The molecule has 0 aromatic heterocycles. The lowest BCUT2D eigenvalue weighted by atomic mass is 10.2. The topological polar surface area (TPSA) is 37.4 Å². The van der Waals surface area contributed by atoms with Gasteiger partial charge in [-0.25, -0.2) is 0 Å². The van der Waals surface area contributed by atoms with Crippen LogP contribution < -0.4 is 0 Å². The number of hydrogen-bond acceptors (Lipinski definition) is 2. The van der Waals surface area contributed by atoms with Gasteiger partial charge in [-0.15, -0.1) is 0 Å². The Kier molecular flexibility index (Phi) is 4.22. The van der Waals surface area contributed by atoms with Crippen molar-refractivity contribution in [1.29, 1.82) is 0 Å². The highest BCUT2D eigenvalue weighted by Gasteiger charge is 2.30. The zero-order valence-electron chi connectivity index (χ0n) is 8.74. The first-order chi connectivity index (χ1) is 6.41. The molecule has 0 saturated heterocycles. The Morgan fingerprint density at radius 3 is 2.21 bits per heavy atom. The molecule has 0 amide bonds. The summed E-state index contributed by atoms with van der Waals surface area (Å²) in [5, 5.41) is 0. The van der Waals surface area contributed by atoms with Crippen LogP contribution in [0.5, 0.6) is 0 Å². The Balaban J connectivity index is 2.71. The van der Waals surface area contributed by atoms with E-state index in [9.17, 15) is 8.42 Å². The van der Waals surface area contributed by atoms with Gasteiger partial charge >= 0.3 is 0 Å². The van der Waals surface area contributed by atoms with Crippen molar-refractivity contribution in [3.05, 3.63) is 0 Å². The Bertz CT molecular complexity index is 271. The molecule has 0 N–H and O–H groups in total. The summed E-state index contributed by atoms with van der Waals surface area (Å²) in [7, 11) is 1.88. The third-order valence-electron chi connectivity index (χ3n) is 2.56. The molecule has 0 aliphatic heterocycles. The van der Waals surface area contributed by atoms with Gasteiger partial charge in [-0.2, -0.15) is 12.7 Å². The molecule has 0 unspecified atom stereocenters. The zero-order valence-corrected chi connectivity index (χ0v) is 10.3. The minimum Gasteiger partial charge on any atom is -0.195 e. The maximum absolute atomic E-state index is 11.3. The van der Waals surface area contributed by atoms with Crippen molar-refractivity contribution in [2.45, 2.75) is 45.6 Å². The Labute approximate surface area is 91.0 Å². The molecule has 0 radical (unpaired) electrons. The first-order valence-corrected chi connectivity index (χ1v) is 7.39. The van der Waals surface area contributed by atoms with Crippen LogP contribution in [-0.4, -0.2) is 25.3 Å². The quantitative estimate of drug-likeness (QED) is 0.707. The minimum absolute atomic E-state index is 0.139. The molecule has 0 bridgehead atoms. The van der Waals surface area contributed by atoms with Crippen molar-refractivity contribution in [3.63, 3.8) is 0 Å². The molecular formula is C9H18ClNO2S.